The number of aromatic nitrogens is 2. The van der Waals surface area contributed by atoms with Gasteiger partial charge in [-0.3, -0.25) is 23.4 Å². The van der Waals surface area contributed by atoms with Gasteiger partial charge in [0, 0.05) is 17.3 Å². The zero-order valence-electron chi connectivity index (χ0n) is 14.5. The van der Waals surface area contributed by atoms with E-state index in [9.17, 15) is 9.18 Å². The van der Waals surface area contributed by atoms with Crippen LogP contribution in [0.4, 0.5) is 4.39 Å². The minimum Gasteiger partial charge on any atom is -0.426 e. The molecule has 27 heavy (non-hydrogen) atoms. The molecule has 3 unspecified atom stereocenters. The largest absolute Gasteiger partial charge is 0.426 e. The van der Waals surface area contributed by atoms with E-state index in [1.807, 2.05) is 0 Å². The number of halogens is 1. The molecule has 4 rings (SSSR count). The second-order valence-corrected chi connectivity index (χ2v) is 7.94. The van der Waals surface area contributed by atoms with Crippen LogP contribution in [0.1, 0.15) is 30.2 Å². The fourth-order valence-electron chi connectivity index (χ4n) is 3.00. The van der Waals surface area contributed by atoms with Crippen molar-refractivity contribution < 1.29 is 22.7 Å². The highest BCUT2D eigenvalue weighted by Crippen LogP contribution is 2.47. The second kappa shape index (κ2) is 7.77. The van der Waals surface area contributed by atoms with Gasteiger partial charge in [0.05, 0.1) is 19.3 Å². The lowest BCUT2D eigenvalue weighted by Gasteiger charge is -2.24. The molecule has 1 N–H and O–H groups in total. The van der Waals surface area contributed by atoms with Gasteiger partial charge in [-0.25, -0.2) is 4.39 Å². The Morgan fingerprint density at radius 3 is 3.15 bits per heavy atom. The van der Waals surface area contributed by atoms with E-state index < -0.39 is 8.60 Å². The minimum atomic E-state index is -1.55. The van der Waals surface area contributed by atoms with Gasteiger partial charge in [0.1, 0.15) is 17.8 Å². The number of benzene rings is 1. The number of H-pyrrole nitrogens is 1. The molecule has 0 saturated carbocycles. The van der Waals surface area contributed by atoms with Crippen molar-refractivity contribution in [3.8, 4) is 5.75 Å². The molecule has 0 aliphatic carbocycles. The van der Waals surface area contributed by atoms with Crippen LogP contribution in [0.5, 0.6) is 5.75 Å². The van der Waals surface area contributed by atoms with Crippen LogP contribution in [0.25, 0.3) is 0 Å². The number of nitrogens with zero attached hydrogens (tertiary/aromatic N) is 1. The zero-order chi connectivity index (χ0) is 19.0. The molecule has 3 atom stereocenters. The first kappa shape index (κ1) is 18.7. The van der Waals surface area contributed by atoms with E-state index in [-0.39, 0.29) is 30.3 Å². The van der Waals surface area contributed by atoms with Crippen LogP contribution < -0.4 is 10.1 Å². The first-order valence-corrected chi connectivity index (χ1v) is 10.00. The Hall–Kier alpha value is -1.64. The molecule has 0 radical (unpaired) electrons. The van der Waals surface area contributed by atoms with Crippen molar-refractivity contribution >= 4 is 20.8 Å². The van der Waals surface area contributed by atoms with Gasteiger partial charge in [-0.1, -0.05) is 0 Å². The predicted octanol–water partition coefficient (Wildman–Crippen LogP) is 3.88. The summed E-state index contributed by atoms with van der Waals surface area (Å²) in [4.78, 5) is 14.3. The van der Waals surface area contributed by atoms with Crippen LogP contribution in [0.15, 0.2) is 29.2 Å². The number of aromatic amines is 1. The lowest BCUT2D eigenvalue weighted by molar-refractivity contribution is -0.0221. The third-order valence-corrected chi connectivity index (χ3v) is 5.79. The fourth-order valence-corrected chi connectivity index (χ4v) is 4.31. The van der Waals surface area contributed by atoms with Gasteiger partial charge in [0.25, 0.3) is 5.56 Å². The number of hydrogen-bond acceptors (Lipinski definition) is 6. The molecule has 0 bridgehead atoms. The summed E-state index contributed by atoms with van der Waals surface area (Å²) < 4.78 is 38.2. The van der Waals surface area contributed by atoms with Crippen molar-refractivity contribution in [2.24, 2.45) is 0 Å². The molecule has 0 amide bonds. The first-order valence-electron chi connectivity index (χ1n) is 8.49. The minimum absolute atomic E-state index is 0.131. The highest BCUT2D eigenvalue weighted by Gasteiger charge is 2.30. The molecular formula is C17H18FN2O5PS. The van der Waals surface area contributed by atoms with Gasteiger partial charge in [0.15, 0.2) is 4.77 Å². The Morgan fingerprint density at radius 2 is 2.30 bits per heavy atom. The molecule has 1 aromatic heterocycles. The van der Waals surface area contributed by atoms with Crippen molar-refractivity contribution in [1.82, 2.24) is 9.55 Å². The summed E-state index contributed by atoms with van der Waals surface area (Å²) in [5, 5.41) is 0. The molecule has 2 aliphatic heterocycles. The maximum absolute atomic E-state index is 13.2. The van der Waals surface area contributed by atoms with Gasteiger partial charge in [-0.15, -0.1) is 0 Å². The molecule has 1 saturated heterocycles. The smallest absolute Gasteiger partial charge is 0.397 e. The Kier molecular flexibility index (Phi) is 5.39. The van der Waals surface area contributed by atoms with E-state index in [1.54, 1.807) is 23.8 Å². The normalized spacial score (nSPS) is 24.4. The number of ether oxygens (including phenoxy) is 1. The molecule has 3 heterocycles. The number of fused-ring (bicyclic) bond motifs is 1. The van der Waals surface area contributed by atoms with Crippen molar-refractivity contribution in [3.63, 3.8) is 0 Å². The lowest BCUT2D eigenvalue weighted by atomic mass is 10.2. The fraction of sp³-hybridized carbons (Fsp3) is 0.412. The number of nitrogens with one attached hydrogen (secondary N) is 1. The highest BCUT2D eigenvalue weighted by atomic mass is 32.1. The van der Waals surface area contributed by atoms with Crippen molar-refractivity contribution in [1.29, 1.82) is 0 Å². The topological polar surface area (TPSA) is 74.7 Å². The molecule has 10 heteroatoms. The lowest BCUT2D eigenvalue weighted by Crippen LogP contribution is -2.21. The quantitative estimate of drug-likeness (QED) is 0.607. The SMILES string of the molecule is Cc1cn(C2CCC(COP3OCc4cc(F)ccc4O3)O2)c(=S)[nH]c1=O. The first-order chi connectivity index (χ1) is 13.0. The van der Waals surface area contributed by atoms with Crippen LogP contribution >= 0.6 is 20.8 Å². The van der Waals surface area contributed by atoms with Gasteiger partial charge in [-0.2, -0.15) is 0 Å². The second-order valence-electron chi connectivity index (χ2n) is 6.40. The molecule has 0 spiro atoms. The van der Waals surface area contributed by atoms with E-state index in [2.05, 4.69) is 4.98 Å². The summed E-state index contributed by atoms with van der Waals surface area (Å²) in [5.74, 6) is 0.253. The van der Waals surface area contributed by atoms with Gasteiger partial charge in [-0.05, 0) is 50.2 Å². The molecule has 2 aromatic rings. The Balaban J connectivity index is 1.33. The van der Waals surface area contributed by atoms with Crippen LogP contribution in [0, 0.1) is 17.5 Å². The van der Waals surface area contributed by atoms with Crippen molar-refractivity contribution in [2.75, 3.05) is 6.61 Å². The summed E-state index contributed by atoms with van der Waals surface area (Å²) in [6, 6.07) is 4.31. The Bertz CT molecular complexity index is 965. The van der Waals surface area contributed by atoms with Gasteiger partial charge in [0.2, 0.25) is 0 Å². The van der Waals surface area contributed by atoms with Gasteiger partial charge >= 0.3 is 8.60 Å². The predicted molar refractivity (Wildman–Crippen MR) is 98.5 cm³/mol. The van der Waals surface area contributed by atoms with Crippen molar-refractivity contribution in [2.45, 2.75) is 38.7 Å². The van der Waals surface area contributed by atoms with Gasteiger partial charge < -0.3 is 9.26 Å². The molecular weight excluding hydrogens is 394 g/mol. The summed E-state index contributed by atoms with van der Waals surface area (Å²) in [6.07, 6.45) is 2.88. The number of aryl methyl sites for hydroxylation is 1. The monoisotopic (exact) mass is 412 g/mol. The average Bonchev–Trinajstić information content (AvgIpc) is 3.11. The van der Waals surface area contributed by atoms with Crippen LogP contribution in [-0.4, -0.2) is 22.3 Å². The Morgan fingerprint density at radius 1 is 1.44 bits per heavy atom. The molecule has 144 valence electrons. The average molecular weight is 412 g/mol. The third-order valence-electron chi connectivity index (χ3n) is 4.43. The summed E-state index contributed by atoms with van der Waals surface area (Å²) >= 11 is 5.22. The van der Waals surface area contributed by atoms with Crippen LogP contribution in [0.2, 0.25) is 0 Å². The molecule has 1 fully saturated rings. The molecule has 7 nitrogen and oxygen atoms in total. The van der Waals surface area contributed by atoms with E-state index >= 15 is 0 Å². The molecule has 2 aliphatic rings. The highest BCUT2D eigenvalue weighted by molar-refractivity contribution is 7.71. The van der Waals surface area contributed by atoms with Crippen LogP contribution in [-0.2, 0) is 20.4 Å². The van der Waals surface area contributed by atoms with E-state index in [0.29, 0.717) is 28.3 Å². The molecule has 1 aromatic carbocycles. The number of rotatable bonds is 4. The van der Waals surface area contributed by atoms with E-state index in [0.717, 1.165) is 12.8 Å². The van der Waals surface area contributed by atoms with E-state index in [4.69, 9.17) is 30.5 Å². The zero-order valence-corrected chi connectivity index (χ0v) is 16.2. The van der Waals surface area contributed by atoms with Crippen molar-refractivity contribution in [3.05, 3.63) is 56.5 Å². The van der Waals surface area contributed by atoms with Crippen LogP contribution in [0.3, 0.4) is 0 Å². The maximum Gasteiger partial charge on any atom is 0.397 e. The maximum atomic E-state index is 13.2. The summed E-state index contributed by atoms with van der Waals surface area (Å²) in [5.41, 5.74) is 1.05. The summed E-state index contributed by atoms with van der Waals surface area (Å²) in [6.45, 7) is 2.29. The van der Waals surface area contributed by atoms with E-state index in [1.165, 1.54) is 12.1 Å². The standard InChI is InChI=1S/C17H18FN2O5PS/c1-10-7-20(17(27)19-16(10)21)15-5-3-13(24-15)9-23-26-22-8-11-6-12(18)2-4-14(11)25-26/h2,4,6-7,13,15H,3,5,8-9H2,1H3,(H,19,21,27). The third kappa shape index (κ3) is 4.12. The summed E-state index contributed by atoms with van der Waals surface area (Å²) in [7, 11) is -1.55. The number of hydrogen-bond donors (Lipinski definition) is 1. The Labute approximate surface area is 161 Å².